The van der Waals surface area contributed by atoms with Crippen LogP contribution in [0.15, 0.2) is 24.7 Å². The predicted octanol–water partition coefficient (Wildman–Crippen LogP) is 1.36. The summed E-state index contributed by atoms with van der Waals surface area (Å²) in [5.41, 5.74) is 1.04. The van der Waals surface area contributed by atoms with Gasteiger partial charge in [0.1, 0.15) is 5.82 Å². The Kier molecular flexibility index (Phi) is 4.99. The minimum absolute atomic E-state index is 0.0279. The van der Waals surface area contributed by atoms with E-state index in [1.165, 1.54) is 0 Å². The molecule has 7 heteroatoms. The van der Waals surface area contributed by atoms with Gasteiger partial charge in [-0.15, -0.1) is 0 Å². The first-order valence-corrected chi connectivity index (χ1v) is 8.51. The second-order valence-electron chi connectivity index (χ2n) is 6.49. The van der Waals surface area contributed by atoms with E-state index < -0.39 is 6.10 Å². The zero-order chi connectivity index (χ0) is 17.1. The number of aromatic nitrogens is 4. The third-order valence-electron chi connectivity index (χ3n) is 4.87. The highest BCUT2D eigenvalue weighted by Crippen LogP contribution is 2.29. The highest BCUT2D eigenvalue weighted by Gasteiger charge is 2.34. The summed E-state index contributed by atoms with van der Waals surface area (Å²) in [5.74, 6) is 0.845. The lowest BCUT2D eigenvalue weighted by atomic mass is 9.87. The normalized spacial score (nSPS) is 24.0. The van der Waals surface area contributed by atoms with Crippen LogP contribution in [0.4, 0.5) is 0 Å². The first kappa shape index (κ1) is 16.7. The van der Waals surface area contributed by atoms with Crippen molar-refractivity contribution >= 4 is 5.91 Å². The Hall–Kier alpha value is -2.15. The molecule has 0 aliphatic heterocycles. The van der Waals surface area contributed by atoms with Crippen molar-refractivity contribution in [3.8, 4) is 0 Å². The number of hydrogen-bond donors (Lipinski definition) is 2. The Balaban J connectivity index is 1.57. The van der Waals surface area contributed by atoms with Crippen LogP contribution >= 0.6 is 0 Å². The molecule has 0 radical (unpaired) electrons. The number of aliphatic hydroxyl groups is 1. The van der Waals surface area contributed by atoms with Gasteiger partial charge in [-0.05, 0) is 39.2 Å². The molecule has 2 aromatic rings. The molecule has 2 N–H and O–H groups in total. The van der Waals surface area contributed by atoms with Crippen LogP contribution in [0.3, 0.4) is 0 Å². The summed E-state index contributed by atoms with van der Waals surface area (Å²) in [5, 5.41) is 17.9. The standard InChI is InChI=1S/C17H25N5O2/c1-12-6-8-19-22(12)10-7-16(23)20-14-4-3-5-15(17(14)24)21-11-9-18-13(21)2/h6,8-9,11,14-15,17,24H,3-5,7,10H2,1-2H3,(H,20,23)/t14-,15-,17-/m1/s1. The summed E-state index contributed by atoms with van der Waals surface area (Å²) in [6.45, 7) is 4.45. The molecule has 1 amide bonds. The molecule has 1 saturated carbocycles. The molecule has 2 heterocycles. The molecular weight excluding hydrogens is 306 g/mol. The lowest BCUT2D eigenvalue weighted by molar-refractivity contribution is -0.123. The number of hydrogen-bond acceptors (Lipinski definition) is 4. The van der Waals surface area contributed by atoms with Crippen LogP contribution in [0, 0.1) is 13.8 Å². The van der Waals surface area contributed by atoms with Crippen molar-refractivity contribution < 1.29 is 9.90 Å². The third kappa shape index (κ3) is 3.51. The van der Waals surface area contributed by atoms with Crippen LogP contribution in [-0.4, -0.2) is 42.5 Å². The third-order valence-corrected chi connectivity index (χ3v) is 4.87. The molecule has 0 spiro atoms. The van der Waals surface area contributed by atoms with Crippen LogP contribution in [0.25, 0.3) is 0 Å². The number of carbonyl (C=O) groups excluding carboxylic acids is 1. The van der Waals surface area contributed by atoms with Gasteiger partial charge in [-0.25, -0.2) is 4.98 Å². The minimum Gasteiger partial charge on any atom is -0.389 e. The van der Waals surface area contributed by atoms with E-state index in [-0.39, 0.29) is 18.0 Å². The number of rotatable bonds is 5. The fourth-order valence-electron chi connectivity index (χ4n) is 3.48. The van der Waals surface area contributed by atoms with Crippen molar-refractivity contribution in [2.75, 3.05) is 0 Å². The maximum absolute atomic E-state index is 12.2. The van der Waals surface area contributed by atoms with Crippen LogP contribution in [0.1, 0.15) is 43.2 Å². The van der Waals surface area contributed by atoms with Crippen molar-refractivity contribution in [3.05, 3.63) is 36.2 Å². The molecule has 3 atom stereocenters. The Morgan fingerprint density at radius 3 is 2.88 bits per heavy atom. The minimum atomic E-state index is -0.595. The number of amides is 1. The topological polar surface area (TPSA) is 85.0 Å². The van der Waals surface area contributed by atoms with Crippen molar-refractivity contribution in [3.63, 3.8) is 0 Å². The van der Waals surface area contributed by atoms with Gasteiger partial charge < -0.3 is 15.0 Å². The number of carbonyl (C=O) groups is 1. The van der Waals surface area contributed by atoms with E-state index >= 15 is 0 Å². The first-order valence-electron chi connectivity index (χ1n) is 8.51. The SMILES string of the molecule is Cc1nccn1[C@@H]1CCC[C@@H](NC(=O)CCn2nccc2C)[C@H]1O. The quantitative estimate of drug-likeness (QED) is 0.866. The van der Waals surface area contributed by atoms with E-state index in [0.29, 0.717) is 13.0 Å². The van der Waals surface area contributed by atoms with Crippen LogP contribution in [0.5, 0.6) is 0 Å². The van der Waals surface area contributed by atoms with Gasteiger partial charge in [0.05, 0.1) is 18.2 Å². The summed E-state index contributed by atoms with van der Waals surface area (Å²) in [7, 11) is 0. The van der Waals surface area contributed by atoms with Gasteiger partial charge in [-0.2, -0.15) is 5.10 Å². The monoisotopic (exact) mass is 331 g/mol. The van der Waals surface area contributed by atoms with Crippen molar-refractivity contribution in [1.29, 1.82) is 0 Å². The number of imidazole rings is 1. The number of nitrogens with zero attached hydrogens (tertiary/aromatic N) is 4. The summed E-state index contributed by atoms with van der Waals surface area (Å²) in [6, 6.07) is 1.68. The smallest absolute Gasteiger partial charge is 0.222 e. The number of aliphatic hydroxyl groups excluding tert-OH is 1. The molecule has 7 nitrogen and oxygen atoms in total. The molecule has 0 aromatic carbocycles. The highest BCUT2D eigenvalue weighted by atomic mass is 16.3. The maximum atomic E-state index is 12.2. The largest absolute Gasteiger partial charge is 0.389 e. The highest BCUT2D eigenvalue weighted by molar-refractivity contribution is 5.76. The van der Waals surface area contributed by atoms with Gasteiger partial charge in [0.25, 0.3) is 0 Å². The summed E-state index contributed by atoms with van der Waals surface area (Å²) < 4.78 is 3.82. The fraction of sp³-hybridized carbons (Fsp3) is 0.588. The van der Waals surface area contributed by atoms with E-state index in [4.69, 9.17) is 0 Å². The molecule has 0 unspecified atom stereocenters. The Bertz CT molecular complexity index is 693. The average molecular weight is 331 g/mol. The molecule has 130 valence electrons. The van der Waals surface area contributed by atoms with E-state index in [1.807, 2.05) is 35.4 Å². The predicted molar refractivity (Wildman–Crippen MR) is 89.4 cm³/mol. The van der Waals surface area contributed by atoms with Gasteiger partial charge in [0.15, 0.2) is 0 Å². The second-order valence-corrected chi connectivity index (χ2v) is 6.49. The lowest BCUT2D eigenvalue weighted by Gasteiger charge is -2.36. The summed E-state index contributed by atoms with van der Waals surface area (Å²) >= 11 is 0. The van der Waals surface area contributed by atoms with Crippen molar-refractivity contribution in [2.45, 2.75) is 64.3 Å². The molecule has 0 bridgehead atoms. The van der Waals surface area contributed by atoms with E-state index in [1.54, 1.807) is 12.4 Å². The zero-order valence-corrected chi connectivity index (χ0v) is 14.2. The molecular formula is C17H25N5O2. The Labute approximate surface area is 141 Å². The lowest BCUT2D eigenvalue weighted by Crippen LogP contribution is -2.49. The van der Waals surface area contributed by atoms with Gasteiger partial charge in [0.2, 0.25) is 5.91 Å². The Morgan fingerprint density at radius 1 is 1.38 bits per heavy atom. The van der Waals surface area contributed by atoms with Gasteiger partial charge in [0, 0.05) is 37.3 Å². The number of aryl methyl sites for hydroxylation is 3. The Morgan fingerprint density at radius 2 is 2.21 bits per heavy atom. The molecule has 1 aliphatic carbocycles. The fourth-order valence-corrected chi connectivity index (χ4v) is 3.48. The second kappa shape index (κ2) is 7.17. The van der Waals surface area contributed by atoms with Gasteiger partial charge in [-0.3, -0.25) is 9.48 Å². The maximum Gasteiger partial charge on any atom is 0.222 e. The molecule has 24 heavy (non-hydrogen) atoms. The average Bonchev–Trinajstić information content (AvgIpc) is 3.16. The van der Waals surface area contributed by atoms with Crippen LogP contribution in [0.2, 0.25) is 0 Å². The van der Waals surface area contributed by atoms with E-state index in [0.717, 1.165) is 30.8 Å². The first-order chi connectivity index (χ1) is 11.6. The molecule has 1 aliphatic rings. The molecule has 1 fully saturated rings. The summed E-state index contributed by atoms with van der Waals surface area (Å²) in [6.07, 6.45) is 7.82. The van der Waals surface area contributed by atoms with Crippen molar-refractivity contribution in [1.82, 2.24) is 24.6 Å². The van der Waals surface area contributed by atoms with Crippen LogP contribution < -0.4 is 5.32 Å². The van der Waals surface area contributed by atoms with E-state index in [9.17, 15) is 9.90 Å². The molecule has 3 rings (SSSR count). The van der Waals surface area contributed by atoms with Gasteiger partial charge >= 0.3 is 0 Å². The zero-order valence-electron chi connectivity index (χ0n) is 14.2. The van der Waals surface area contributed by atoms with Crippen molar-refractivity contribution in [2.24, 2.45) is 0 Å². The van der Waals surface area contributed by atoms with Crippen LogP contribution in [-0.2, 0) is 11.3 Å². The number of nitrogens with one attached hydrogen (secondary N) is 1. The van der Waals surface area contributed by atoms with Gasteiger partial charge in [-0.1, -0.05) is 0 Å². The molecule has 0 saturated heterocycles. The van der Waals surface area contributed by atoms with E-state index in [2.05, 4.69) is 15.4 Å². The summed E-state index contributed by atoms with van der Waals surface area (Å²) in [4.78, 5) is 16.5. The molecule has 2 aromatic heterocycles.